The SMILES string of the molecule is CNC(=O)NC(=O)[C@H](C)Sc1nnnn1-c1cc(C)ccc1OC. The summed E-state index contributed by atoms with van der Waals surface area (Å²) in [4.78, 5) is 23.2. The Bertz CT molecular complexity index is 748. The zero-order valence-corrected chi connectivity index (χ0v) is 14.5. The molecule has 1 aromatic heterocycles. The van der Waals surface area contributed by atoms with Crippen molar-refractivity contribution < 1.29 is 14.3 Å². The molecule has 1 heterocycles. The number of imide groups is 1. The van der Waals surface area contributed by atoms with Crippen molar-refractivity contribution in [1.82, 2.24) is 30.8 Å². The highest BCUT2D eigenvalue weighted by atomic mass is 32.2. The molecule has 0 spiro atoms. The standard InChI is InChI=1S/C14H18N6O3S/c1-8-5-6-11(23-4)10(7-8)20-14(17-18-19-20)24-9(2)12(21)16-13(22)15-3/h5-7,9H,1-4H3,(H2,15,16,21,22)/t9-/m0/s1. The molecule has 0 saturated heterocycles. The number of benzene rings is 1. The molecule has 9 nitrogen and oxygen atoms in total. The van der Waals surface area contributed by atoms with Crippen molar-refractivity contribution >= 4 is 23.7 Å². The number of nitrogens with one attached hydrogen (secondary N) is 2. The van der Waals surface area contributed by atoms with Gasteiger partial charge in [0.15, 0.2) is 0 Å². The molecule has 2 rings (SSSR count). The Morgan fingerprint density at radius 3 is 2.79 bits per heavy atom. The number of methoxy groups -OCH3 is 1. The maximum Gasteiger partial charge on any atom is 0.321 e. The first kappa shape index (κ1) is 17.7. The summed E-state index contributed by atoms with van der Waals surface area (Å²) in [7, 11) is 3.00. The van der Waals surface area contributed by atoms with Crippen LogP contribution in [-0.4, -0.2) is 51.6 Å². The second-order valence-corrected chi connectivity index (χ2v) is 6.18. The molecule has 10 heteroatoms. The highest BCUT2D eigenvalue weighted by molar-refractivity contribution is 8.00. The lowest BCUT2D eigenvalue weighted by Gasteiger charge is -2.12. The smallest absolute Gasteiger partial charge is 0.321 e. The fourth-order valence-electron chi connectivity index (χ4n) is 1.86. The molecule has 0 saturated carbocycles. The van der Waals surface area contributed by atoms with Gasteiger partial charge in [-0.1, -0.05) is 17.8 Å². The van der Waals surface area contributed by atoms with Gasteiger partial charge in [-0.15, -0.1) is 5.10 Å². The molecule has 1 aromatic carbocycles. The molecule has 128 valence electrons. The van der Waals surface area contributed by atoms with Gasteiger partial charge in [-0.3, -0.25) is 10.1 Å². The second kappa shape index (κ2) is 7.77. The summed E-state index contributed by atoms with van der Waals surface area (Å²) in [5.41, 5.74) is 1.69. The predicted octanol–water partition coefficient (Wildman–Crippen LogP) is 0.916. The van der Waals surface area contributed by atoms with Gasteiger partial charge >= 0.3 is 6.03 Å². The van der Waals surface area contributed by atoms with Crippen LogP contribution in [0.4, 0.5) is 4.79 Å². The normalized spacial score (nSPS) is 11.7. The predicted molar refractivity (Wildman–Crippen MR) is 88.4 cm³/mol. The lowest BCUT2D eigenvalue weighted by molar-refractivity contribution is -0.119. The van der Waals surface area contributed by atoms with Crippen LogP contribution in [0.5, 0.6) is 5.75 Å². The third-order valence-corrected chi connectivity index (χ3v) is 4.15. The highest BCUT2D eigenvalue weighted by Gasteiger charge is 2.21. The molecule has 0 unspecified atom stereocenters. The summed E-state index contributed by atoms with van der Waals surface area (Å²) >= 11 is 1.14. The third-order valence-electron chi connectivity index (χ3n) is 3.12. The number of hydrogen-bond donors (Lipinski definition) is 2. The van der Waals surface area contributed by atoms with E-state index in [2.05, 4.69) is 26.2 Å². The van der Waals surface area contributed by atoms with Crippen molar-refractivity contribution in [3.05, 3.63) is 23.8 Å². The molecular weight excluding hydrogens is 332 g/mol. The van der Waals surface area contributed by atoms with E-state index in [4.69, 9.17) is 4.74 Å². The van der Waals surface area contributed by atoms with Crippen LogP contribution >= 0.6 is 11.8 Å². The molecule has 3 amide bonds. The number of aryl methyl sites for hydroxylation is 1. The zero-order chi connectivity index (χ0) is 17.7. The summed E-state index contributed by atoms with van der Waals surface area (Å²) in [5, 5.41) is 16.0. The van der Waals surface area contributed by atoms with Crippen molar-refractivity contribution in [2.45, 2.75) is 24.3 Å². The average molecular weight is 350 g/mol. The number of nitrogens with zero attached hydrogens (tertiary/aromatic N) is 4. The Morgan fingerprint density at radius 1 is 1.38 bits per heavy atom. The number of hydrogen-bond acceptors (Lipinski definition) is 7. The van der Waals surface area contributed by atoms with Gasteiger partial charge in [0.2, 0.25) is 11.1 Å². The van der Waals surface area contributed by atoms with Crippen LogP contribution in [0.1, 0.15) is 12.5 Å². The number of thioether (sulfide) groups is 1. The van der Waals surface area contributed by atoms with E-state index in [1.807, 2.05) is 25.1 Å². The van der Waals surface area contributed by atoms with E-state index in [1.165, 1.54) is 11.7 Å². The van der Waals surface area contributed by atoms with E-state index >= 15 is 0 Å². The van der Waals surface area contributed by atoms with E-state index in [1.54, 1.807) is 14.0 Å². The first-order valence-electron chi connectivity index (χ1n) is 7.09. The molecule has 0 aliphatic heterocycles. The van der Waals surface area contributed by atoms with Gasteiger partial charge in [0.25, 0.3) is 0 Å². The number of aromatic nitrogens is 4. The largest absolute Gasteiger partial charge is 0.494 e. The van der Waals surface area contributed by atoms with Crippen molar-refractivity contribution in [2.75, 3.05) is 14.2 Å². The van der Waals surface area contributed by atoms with E-state index < -0.39 is 17.2 Å². The minimum absolute atomic E-state index is 0.415. The fraction of sp³-hybridized carbons (Fsp3) is 0.357. The van der Waals surface area contributed by atoms with Crippen LogP contribution < -0.4 is 15.4 Å². The second-order valence-electron chi connectivity index (χ2n) is 4.88. The molecule has 2 aromatic rings. The Hall–Kier alpha value is -2.62. The van der Waals surface area contributed by atoms with Crippen LogP contribution in [0.25, 0.3) is 5.69 Å². The zero-order valence-electron chi connectivity index (χ0n) is 13.7. The number of ether oxygens (including phenoxy) is 1. The van der Waals surface area contributed by atoms with Gasteiger partial charge in [0.1, 0.15) is 11.4 Å². The van der Waals surface area contributed by atoms with E-state index in [0.717, 1.165) is 17.3 Å². The van der Waals surface area contributed by atoms with Gasteiger partial charge in [0, 0.05) is 7.05 Å². The van der Waals surface area contributed by atoms with Crippen molar-refractivity contribution in [2.24, 2.45) is 0 Å². The number of tetrazole rings is 1. The molecule has 0 fully saturated rings. The monoisotopic (exact) mass is 350 g/mol. The van der Waals surface area contributed by atoms with E-state index in [0.29, 0.717) is 16.6 Å². The average Bonchev–Trinajstić information content (AvgIpc) is 3.02. The molecule has 1 atom stereocenters. The number of amides is 3. The molecule has 0 bridgehead atoms. The fourth-order valence-corrected chi connectivity index (χ4v) is 2.66. The highest BCUT2D eigenvalue weighted by Crippen LogP contribution is 2.28. The summed E-state index contributed by atoms with van der Waals surface area (Å²) in [5.74, 6) is 0.169. The number of carbonyl (C=O) groups excluding carboxylic acids is 2. The van der Waals surface area contributed by atoms with Crippen LogP contribution in [0, 0.1) is 6.92 Å². The first-order chi connectivity index (χ1) is 11.5. The van der Waals surface area contributed by atoms with Crippen molar-refractivity contribution in [3.63, 3.8) is 0 Å². The molecule has 0 radical (unpaired) electrons. The lowest BCUT2D eigenvalue weighted by Crippen LogP contribution is -2.41. The summed E-state index contributed by atoms with van der Waals surface area (Å²) in [6.07, 6.45) is 0. The quantitative estimate of drug-likeness (QED) is 0.771. The summed E-state index contributed by atoms with van der Waals surface area (Å²) in [6.45, 7) is 3.61. The van der Waals surface area contributed by atoms with Crippen LogP contribution in [0.3, 0.4) is 0 Å². The van der Waals surface area contributed by atoms with Gasteiger partial charge in [0.05, 0.1) is 12.4 Å². The molecule has 2 N–H and O–H groups in total. The van der Waals surface area contributed by atoms with Gasteiger partial charge in [-0.05, 0) is 42.0 Å². The summed E-state index contributed by atoms with van der Waals surface area (Å²) in [6, 6.07) is 5.06. The lowest BCUT2D eigenvalue weighted by atomic mass is 10.2. The maximum atomic E-state index is 12.0. The molecule has 0 aliphatic rings. The number of urea groups is 1. The van der Waals surface area contributed by atoms with Crippen LogP contribution in [0.2, 0.25) is 0 Å². The Balaban J connectivity index is 2.23. The van der Waals surface area contributed by atoms with Gasteiger partial charge in [-0.25, -0.2) is 4.79 Å². The molecular formula is C14H18N6O3S. The van der Waals surface area contributed by atoms with E-state index in [9.17, 15) is 9.59 Å². The minimum Gasteiger partial charge on any atom is -0.494 e. The Kier molecular flexibility index (Phi) is 5.74. The Labute approximate surface area is 143 Å². The number of rotatable bonds is 5. The first-order valence-corrected chi connectivity index (χ1v) is 7.96. The van der Waals surface area contributed by atoms with Crippen LogP contribution in [0.15, 0.2) is 23.4 Å². The maximum absolute atomic E-state index is 12.0. The number of carbonyl (C=O) groups is 2. The van der Waals surface area contributed by atoms with Crippen LogP contribution in [-0.2, 0) is 4.79 Å². The summed E-state index contributed by atoms with van der Waals surface area (Å²) < 4.78 is 6.84. The Morgan fingerprint density at radius 2 is 2.12 bits per heavy atom. The van der Waals surface area contributed by atoms with E-state index in [-0.39, 0.29) is 0 Å². The van der Waals surface area contributed by atoms with Gasteiger partial charge < -0.3 is 10.1 Å². The van der Waals surface area contributed by atoms with Crippen molar-refractivity contribution in [3.8, 4) is 11.4 Å². The van der Waals surface area contributed by atoms with Gasteiger partial charge in [-0.2, -0.15) is 4.68 Å². The topological polar surface area (TPSA) is 111 Å². The van der Waals surface area contributed by atoms with Crippen molar-refractivity contribution in [1.29, 1.82) is 0 Å². The third kappa shape index (κ3) is 4.02. The molecule has 24 heavy (non-hydrogen) atoms. The molecule has 0 aliphatic carbocycles. The minimum atomic E-state index is -0.567.